The molecule has 2 aromatic rings. The van der Waals surface area contributed by atoms with Crippen molar-refractivity contribution in [2.45, 2.75) is 39.5 Å². The minimum atomic E-state index is -0.0736. The van der Waals surface area contributed by atoms with Gasteiger partial charge in [-0.05, 0) is 55.4 Å². The lowest BCUT2D eigenvalue weighted by atomic mass is 9.85. The molecule has 0 bridgehead atoms. The standard InChI is InChI=1S/C18H22N2OS/c1-3-12-7-8-14-15(10-12)22-17(19)16(14)18(21)20-13-6-4-5-11(2)9-13/h4-6,9,12H,3,7-8,10,19H2,1-2H3,(H,20,21)/t12-/m0/s1. The number of nitrogens with one attached hydrogen (secondary N) is 1. The third-order valence-corrected chi connectivity index (χ3v) is 5.56. The Morgan fingerprint density at radius 2 is 2.27 bits per heavy atom. The van der Waals surface area contributed by atoms with Crippen LogP contribution in [0.15, 0.2) is 24.3 Å². The molecule has 3 nitrogen and oxygen atoms in total. The summed E-state index contributed by atoms with van der Waals surface area (Å²) in [5.41, 5.74) is 9.99. The number of carbonyl (C=O) groups is 1. The Kier molecular flexibility index (Phi) is 4.21. The van der Waals surface area contributed by atoms with Crippen LogP contribution in [0.4, 0.5) is 10.7 Å². The van der Waals surface area contributed by atoms with Crippen LogP contribution >= 0.6 is 11.3 Å². The molecule has 0 aliphatic heterocycles. The summed E-state index contributed by atoms with van der Waals surface area (Å²) in [4.78, 5) is 14.0. The van der Waals surface area contributed by atoms with Crippen LogP contribution in [0.25, 0.3) is 0 Å². The molecular formula is C18H22N2OS. The first kappa shape index (κ1) is 15.1. The normalized spacial score (nSPS) is 17.1. The van der Waals surface area contributed by atoms with Gasteiger partial charge in [0.2, 0.25) is 0 Å². The summed E-state index contributed by atoms with van der Waals surface area (Å²) in [6.45, 7) is 4.25. The molecule has 1 amide bonds. The quantitative estimate of drug-likeness (QED) is 0.882. The summed E-state index contributed by atoms with van der Waals surface area (Å²) in [5.74, 6) is 0.661. The minimum absolute atomic E-state index is 0.0736. The summed E-state index contributed by atoms with van der Waals surface area (Å²) in [6, 6.07) is 7.84. The molecule has 0 fully saturated rings. The van der Waals surface area contributed by atoms with E-state index in [0.717, 1.165) is 36.4 Å². The predicted octanol–water partition coefficient (Wildman–Crippen LogP) is 4.41. The van der Waals surface area contributed by atoms with E-state index in [1.807, 2.05) is 31.2 Å². The lowest BCUT2D eigenvalue weighted by molar-refractivity contribution is 0.102. The van der Waals surface area contributed by atoms with E-state index < -0.39 is 0 Å². The number of anilines is 2. The highest BCUT2D eigenvalue weighted by Gasteiger charge is 2.27. The fourth-order valence-corrected chi connectivity index (χ4v) is 4.42. The second-order valence-electron chi connectivity index (χ2n) is 6.08. The van der Waals surface area contributed by atoms with E-state index in [-0.39, 0.29) is 5.91 Å². The van der Waals surface area contributed by atoms with Gasteiger partial charge in [-0.25, -0.2) is 0 Å². The number of rotatable bonds is 3. The van der Waals surface area contributed by atoms with Crippen molar-refractivity contribution >= 4 is 27.9 Å². The number of carbonyl (C=O) groups excluding carboxylic acids is 1. The molecule has 0 unspecified atom stereocenters. The van der Waals surface area contributed by atoms with E-state index in [9.17, 15) is 4.79 Å². The second-order valence-corrected chi connectivity index (χ2v) is 7.22. The summed E-state index contributed by atoms with van der Waals surface area (Å²) in [7, 11) is 0. The molecule has 1 aromatic carbocycles. The molecule has 0 radical (unpaired) electrons. The van der Waals surface area contributed by atoms with Crippen molar-refractivity contribution in [2.24, 2.45) is 5.92 Å². The molecule has 1 atom stereocenters. The fourth-order valence-electron chi connectivity index (χ4n) is 3.19. The topological polar surface area (TPSA) is 55.1 Å². The molecule has 3 N–H and O–H groups in total. The van der Waals surface area contributed by atoms with Crippen LogP contribution in [0, 0.1) is 12.8 Å². The van der Waals surface area contributed by atoms with Crippen molar-refractivity contribution in [3.63, 3.8) is 0 Å². The predicted molar refractivity (Wildman–Crippen MR) is 93.7 cm³/mol. The van der Waals surface area contributed by atoms with E-state index in [1.54, 1.807) is 11.3 Å². The molecule has 0 saturated heterocycles. The SMILES string of the molecule is CC[C@H]1CCc2c(sc(N)c2C(=O)Nc2cccc(C)c2)C1. The fraction of sp³-hybridized carbons (Fsp3) is 0.389. The highest BCUT2D eigenvalue weighted by Crippen LogP contribution is 2.39. The van der Waals surface area contributed by atoms with Crippen LogP contribution < -0.4 is 11.1 Å². The Morgan fingerprint density at radius 3 is 3.00 bits per heavy atom. The third kappa shape index (κ3) is 2.88. The molecule has 22 heavy (non-hydrogen) atoms. The average Bonchev–Trinajstić information content (AvgIpc) is 2.81. The van der Waals surface area contributed by atoms with E-state index >= 15 is 0 Å². The molecule has 3 rings (SSSR count). The van der Waals surface area contributed by atoms with Gasteiger partial charge in [-0.1, -0.05) is 25.5 Å². The zero-order valence-electron chi connectivity index (χ0n) is 13.1. The molecule has 0 saturated carbocycles. The Bertz CT molecular complexity index is 705. The lowest BCUT2D eigenvalue weighted by Gasteiger charge is -2.21. The highest BCUT2D eigenvalue weighted by molar-refractivity contribution is 7.16. The number of aryl methyl sites for hydroxylation is 1. The minimum Gasteiger partial charge on any atom is -0.390 e. The number of fused-ring (bicyclic) bond motifs is 1. The van der Waals surface area contributed by atoms with E-state index in [4.69, 9.17) is 5.73 Å². The van der Waals surface area contributed by atoms with Crippen molar-refractivity contribution in [2.75, 3.05) is 11.1 Å². The molecule has 4 heteroatoms. The largest absolute Gasteiger partial charge is 0.390 e. The van der Waals surface area contributed by atoms with Gasteiger partial charge in [0.15, 0.2) is 0 Å². The number of nitrogens with two attached hydrogens (primary N) is 1. The zero-order chi connectivity index (χ0) is 15.7. The van der Waals surface area contributed by atoms with Gasteiger partial charge in [0.25, 0.3) is 5.91 Å². The second kappa shape index (κ2) is 6.13. The lowest BCUT2D eigenvalue weighted by Crippen LogP contribution is -2.18. The number of hydrogen-bond acceptors (Lipinski definition) is 3. The van der Waals surface area contributed by atoms with Crippen LogP contribution in [0.5, 0.6) is 0 Å². The molecule has 0 spiro atoms. The Hall–Kier alpha value is -1.81. The highest BCUT2D eigenvalue weighted by atomic mass is 32.1. The van der Waals surface area contributed by atoms with Crippen molar-refractivity contribution in [1.82, 2.24) is 0 Å². The Balaban J connectivity index is 1.86. The number of nitrogen functional groups attached to an aromatic ring is 1. The van der Waals surface area contributed by atoms with Crippen LogP contribution in [-0.2, 0) is 12.8 Å². The third-order valence-electron chi connectivity index (χ3n) is 4.47. The van der Waals surface area contributed by atoms with Crippen molar-refractivity contribution in [3.8, 4) is 0 Å². The Morgan fingerprint density at radius 1 is 1.45 bits per heavy atom. The van der Waals surface area contributed by atoms with Crippen LogP contribution in [0.1, 0.15) is 46.1 Å². The summed E-state index contributed by atoms with van der Waals surface area (Å²) in [6.07, 6.45) is 4.39. The van der Waals surface area contributed by atoms with Crippen molar-refractivity contribution in [1.29, 1.82) is 0 Å². The Labute approximate surface area is 135 Å². The summed E-state index contributed by atoms with van der Waals surface area (Å²) in [5, 5.41) is 3.65. The van der Waals surface area contributed by atoms with Gasteiger partial charge >= 0.3 is 0 Å². The average molecular weight is 314 g/mol. The molecule has 1 heterocycles. The molecule has 1 aromatic heterocycles. The maximum absolute atomic E-state index is 12.6. The molecule has 1 aliphatic rings. The van der Waals surface area contributed by atoms with Crippen LogP contribution in [-0.4, -0.2) is 5.91 Å². The van der Waals surface area contributed by atoms with E-state index in [0.29, 0.717) is 10.6 Å². The van der Waals surface area contributed by atoms with Gasteiger partial charge in [0.1, 0.15) is 0 Å². The molecular weight excluding hydrogens is 292 g/mol. The first-order chi connectivity index (χ1) is 10.6. The van der Waals surface area contributed by atoms with Gasteiger partial charge < -0.3 is 11.1 Å². The summed E-state index contributed by atoms with van der Waals surface area (Å²) >= 11 is 1.59. The van der Waals surface area contributed by atoms with Crippen molar-refractivity contribution in [3.05, 3.63) is 45.8 Å². The summed E-state index contributed by atoms with van der Waals surface area (Å²) < 4.78 is 0. The first-order valence-electron chi connectivity index (χ1n) is 7.86. The van der Waals surface area contributed by atoms with Crippen LogP contribution in [0.3, 0.4) is 0 Å². The van der Waals surface area contributed by atoms with Crippen molar-refractivity contribution < 1.29 is 4.79 Å². The number of thiophene rings is 1. The van der Waals surface area contributed by atoms with Gasteiger partial charge in [0.05, 0.1) is 10.6 Å². The number of hydrogen-bond donors (Lipinski definition) is 2. The van der Waals surface area contributed by atoms with Gasteiger partial charge in [-0.2, -0.15) is 0 Å². The maximum Gasteiger partial charge on any atom is 0.258 e. The van der Waals surface area contributed by atoms with E-state index in [1.165, 1.54) is 16.9 Å². The number of amides is 1. The zero-order valence-corrected chi connectivity index (χ0v) is 13.9. The monoisotopic (exact) mass is 314 g/mol. The molecule has 1 aliphatic carbocycles. The van der Waals surface area contributed by atoms with Gasteiger partial charge in [-0.15, -0.1) is 11.3 Å². The van der Waals surface area contributed by atoms with Crippen LogP contribution in [0.2, 0.25) is 0 Å². The number of benzene rings is 1. The smallest absolute Gasteiger partial charge is 0.258 e. The maximum atomic E-state index is 12.6. The first-order valence-corrected chi connectivity index (χ1v) is 8.68. The van der Waals surface area contributed by atoms with Gasteiger partial charge in [0, 0.05) is 10.6 Å². The van der Waals surface area contributed by atoms with E-state index in [2.05, 4.69) is 12.2 Å². The van der Waals surface area contributed by atoms with Gasteiger partial charge in [-0.3, -0.25) is 4.79 Å². The molecule has 116 valence electrons.